The van der Waals surface area contributed by atoms with Gasteiger partial charge in [0, 0.05) is 6.20 Å². The molecule has 1 aliphatic carbocycles. The number of hydrogen-bond acceptors (Lipinski definition) is 4. The van der Waals surface area contributed by atoms with Crippen molar-refractivity contribution >= 4 is 5.65 Å². The molecule has 0 saturated heterocycles. The summed E-state index contributed by atoms with van der Waals surface area (Å²) in [6, 6.07) is 11.1. The normalized spacial score (nSPS) is 19.7. The molecule has 2 heterocycles. The third-order valence-corrected chi connectivity index (χ3v) is 5.63. The molecular formula is C22H21F6N3O2. The van der Waals surface area contributed by atoms with E-state index in [1.54, 1.807) is 0 Å². The number of nitrogens with zero attached hydrogens (tertiary/aromatic N) is 3. The van der Waals surface area contributed by atoms with E-state index in [9.17, 15) is 26.3 Å². The summed E-state index contributed by atoms with van der Waals surface area (Å²) >= 11 is 0. The van der Waals surface area contributed by atoms with Gasteiger partial charge < -0.3 is 9.47 Å². The highest BCUT2D eigenvalue weighted by Crippen LogP contribution is 2.41. The second kappa shape index (κ2) is 9.20. The lowest BCUT2D eigenvalue weighted by molar-refractivity contribution is -0.177. The molecule has 0 spiro atoms. The molecule has 1 aliphatic rings. The molecule has 5 nitrogen and oxygen atoms in total. The van der Waals surface area contributed by atoms with Crippen LogP contribution in [0.5, 0.6) is 5.75 Å². The molecule has 11 heteroatoms. The largest absolute Gasteiger partial charge is 0.490 e. The van der Waals surface area contributed by atoms with Crippen LogP contribution >= 0.6 is 0 Å². The predicted octanol–water partition coefficient (Wildman–Crippen LogP) is 5.93. The van der Waals surface area contributed by atoms with Crippen molar-refractivity contribution in [2.24, 2.45) is 0 Å². The van der Waals surface area contributed by atoms with Gasteiger partial charge in [0.15, 0.2) is 11.5 Å². The maximum absolute atomic E-state index is 13.9. The van der Waals surface area contributed by atoms with Crippen molar-refractivity contribution in [2.75, 3.05) is 6.61 Å². The zero-order chi connectivity index (χ0) is 23.6. The molecule has 1 fully saturated rings. The summed E-state index contributed by atoms with van der Waals surface area (Å²) in [6.45, 7) is -2.18. The summed E-state index contributed by atoms with van der Waals surface area (Å²) < 4.78 is 89.8. The SMILES string of the molecule is FC(F)(F)COCc1nnc2c(C(F)(F)F)c(O[C@H]3CC[C@H](c4ccccc4)CC3)ccn12. The lowest BCUT2D eigenvalue weighted by atomic mass is 9.83. The Morgan fingerprint density at radius 2 is 1.61 bits per heavy atom. The Morgan fingerprint density at radius 3 is 2.24 bits per heavy atom. The van der Waals surface area contributed by atoms with E-state index in [-0.39, 0.29) is 17.7 Å². The lowest BCUT2D eigenvalue weighted by Gasteiger charge is -2.30. The van der Waals surface area contributed by atoms with E-state index in [2.05, 4.69) is 14.9 Å². The van der Waals surface area contributed by atoms with Crippen LogP contribution in [0.15, 0.2) is 42.6 Å². The fraction of sp³-hybridized carbons (Fsp3) is 0.455. The molecular weight excluding hydrogens is 452 g/mol. The Labute approximate surface area is 185 Å². The Bertz CT molecular complexity index is 1070. The van der Waals surface area contributed by atoms with E-state index in [4.69, 9.17) is 4.74 Å². The van der Waals surface area contributed by atoms with E-state index in [0.29, 0.717) is 18.8 Å². The fourth-order valence-electron chi connectivity index (χ4n) is 4.13. The quantitative estimate of drug-likeness (QED) is 0.417. The summed E-state index contributed by atoms with van der Waals surface area (Å²) in [5, 5.41) is 7.14. The van der Waals surface area contributed by atoms with E-state index < -0.39 is 36.8 Å². The molecule has 0 atom stereocenters. The zero-order valence-electron chi connectivity index (χ0n) is 17.4. The smallest absolute Gasteiger partial charge is 0.423 e. The molecule has 1 aromatic carbocycles. The van der Waals surface area contributed by atoms with Crippen molar-refractivity contribution in [3.8, 4) is 5.75 Å². The average molecular weight is 473 g/mol. The first-order valence-corrected chi connectivity index (χ1v) is 10.4. The van der Waals surface area contributed by atoms with Gasteiger partial charge in [0.1, 0.15) is 24.5 Å². The first-order valence-electron chi connectivity index (χ1n) is 10.4. The minimum absolute atomic E-state index is 0.172. The van der Waals surface area contributed by atoms with Gasteiger partial charge in [-0.15, -0.1) is 10.2 Å². The van der Waals surface area contributed by atoms with Crippen LogP contribution in [0.25, 0.3) is 5.65 Å². The lowest BCUT2D eigenvalue weighted by Crippen LogP contribution is -2.25. The van der Waals surface area contributed by atoms with Crippen LogP contribution in [0.4, 0.5) is 26.3 Å². The molecule has 1 saturated carbocycles. The van der Waals surface area contributed by atoms with Crippen molar-refractivity contribution in [3.05, 3.63) is 59.5 Å². The Kier molecular flexibility index (Phi) is 6.51. The van der Waals surface area contributed by atoms with Gasteiger partial charge in [-0.1, -0.05) is 30.3 Å². The van der Waals surface area contributed by atoms with Crippen LogP contribution in [0, 0.1) is 0 Å². The molecule has 2 aromatic heterocycles. The number of pyridine rings is 1. The monoisotopic (exact) mass is 473 g/mol. The molecule has 0 N–H and O–H groups in total. The van der Waals surface area contributed by atoms with Crippen LogP contribution in [0.3, 0.4) is 0 Å². The number of halogens is 6. The van der Waals surface area contributed by atoms with Crippen LogP contribution in [0.1, 0.15) is 48.6 Å². The van der Waals surface area contributed by atoms with Gasteiger partial charge in [0.25, 0.3) is 0 Å². The van der Waals surface area contributed by atoms with Crippen molar-refractivity contribution < 1.29 is 35.8 Å². The van der Waals surface area contributed by atoms with E-state index in [1.807, 2.05) is 30.3 Å². The van der Waals surface area contributed by atoms with Gasteiger partial charge in [-0.05, 0) is 43.2 Å². The van der Waals surface area contributed by atoms with Gasteiger partial charge >= 0.3 is 12.4 Å². The molecule has 0 amide bonds. The maximum Gasteiger partial charge on any atom is 0.423 e. The minimum atomic E-state index is -4.80. The molecule has 0 bridgehead atoms. The Balaban J connectivity index is 1.51. The van der Waals surface area contributed by atoms with E-state index in [1.165, 1.54) is 11.8 Å². The number of ether oxygens (including phenoxy) is 2. The third kappa shape index (κ3) is 5.58. The van der Waals surface area contributed by atoms with Crippen LogP contribution in [0.2, 0.25) is 0 Å². The summed E-state index contributed by atoms with van der Waals surface area (Å²) in [5.74, 6) is -0.200. The summed E-state index contributed by atoms with van der Waals surface area (Å²) in [6.07, 6.45) is -5.69. The summed E-state index contributed by atoms with van der Waals surface area (Å²) in [5.41, 5.74) is -0.439. The third-order valence-electron chi connectivity index (χ3n) is 5.63. The standard InChI is InChI=1S/C22H21F6N3O2/c23-21(24,25)13-32-12-18-29-30-20-19(22(26,27)28)17(10-11-31(18)20)33-16-8-6-15(7-9-16)14-4-2-1-3-5-14/h1-5,10-11,15-16H,6-9,12-13H2/t15-,16-. The number of hydrogen-bond donors (Lipinski definition) is 0. The average Bonchev–Trinajstić information content (AvgIpc) is 3.16. The summed E-state index contributed by atoms with van der Waals surface area (Å²) in [7, 11) is 0. The summed E-state index contributed by atoms with van der Waals surface area (Å²) in [4.78, 5) is 0. The highest BCUT2D eigenvalue weighted by molar-refractivity contribution is 5.56. The first-order chi connectivity index (χ1) is 15.6. The highest BCUT2D eigenvalue weighted by Gasteiger charge is 2.39. The predicted molar refractivity (Wildman–Crippen MR) is 106 cm³/mol. The van der Waals surface area contributed by atoms with E-state index in [0.717, 1.165) is 23.3 Å². The number of aromatic nitrogens is 3. The molecule has 3 aromatic rings. The van der Waals surface area contributed by atoms with Crippen LogP contribution in [-0.2, 0) is 17.5 Å². The first kappa shape index (κ1) is 23.3. The van der Waals surface area contributed by atoms with Crippen molar-refractivity contribution in [1.82, 2.24) is 14.6 Å². The molecule has 0 unspecified atom stereocenters. The number of rotatable bonds is 6. The number of alkyl halides is 6. The molecule has 0 radical (unpaired) electrons. The second-order valence-corrected chi connectivity index (χ2v) is 7.97. The maximum atomic E-state index is 13.9. The van der Waals surface area contributed by atoms with E-state index >= 15 is 0 Å². The van der Waals surface area contributed by atoms with Crippen LogP contribution in [-0.4, -0.2) is 33.5 Å². The molecule has 0 aliphatic heterocycles. The molecule has 178 valence electrons. The second-order valence-electron chi connectivity index (χ2n) is 7.97. The highest BCUT2D eigenvalue weighted by atomic mass is 19.4. The van der Waals surface area contributed by atoms with Crippen molar-refractivity contribution in [2.45, 2.75) is 56.7 Å². The molecule has 4 rings (SSSR count). The minimum Gasteiger partial charge on any atom is -0.490 e. The number of benzene rings is 1. The van der Waals surface area contributed by atoms with Gasteiger partial charge in [-0.25, -0.2) is 0 Å². The number of fused-ring (bicyclic) bond motifs is 1. The van der Waals surface area contributed by atoms with Gasteiger partial charge in [-0.3, -0.25) is 4.40 Å². The van der Waals surface area contributed by atoms with Crippen LogP contribution < -0.4 is 4.74 Å². The topological polar surface area (TPSA) is 48.7 Å². The zero-order valence-corrected chi connectivity index (χ0v) is 17.4. The van der Waals surface area contributed by atoms with Gasteiger partial charge in [0.2, 0.25) is 0 Å². The molecule has 33 heavy (non-hydrogen) atoms. The Morgan fingerprint density at radius 1 is 0.909 bits per heavy atom. The Hall–Kier alpha value is -2.82. The van der Waals surface area contributed by atoms with Gasteiger partial charge in [-0.2, -0.15) is 26.3 Å². The van der Waals surface area contributed by atoms with Crippen molar-refractivity contribution in [3.63, 3.8) is 0 Å². The van der Waals surface area contributed by atoms with Crippen molar-refractivity contribution in [1.29, 1.82) is 0 Å². The van der Waals surface area contributed by atoms with Gasteiger partial charge in [0.05, 0.1) is 6.10 Å². The fourth-order valence-corrected chi connectivity index (χ4v) is 4.13.